The van der Waals surface area contributed by atoms with Gasteiger partial charge in [-0.2, -0.15) is 0 Å². The molecular formula is C19H18N2O10. The lowest BCUT2D eigenvalue weighted by Gasteiger charge is -2.04. The lowest BCUT2D eigenvalue weighted by atomic mass is 10.1. The summed E-state index contributed by atoms with van der Waals surface area (Å²) in [7, 11) is 3.59. The molecule has 0 atom stereocenters. The second kappa shape index (κ2) is 11.6. The summed E-state index contributed by atoms with van der Waals surface area (Å²) < 4.78 is 13.3. The first-order chi connectivity index (χ1) is 14.6. The van der Waals surface area contributed by atoms with Crippen LogP contribution < -0.4 is 0 Å². The minimum atomic E-state index is -0.678. The van der Waals surface area contributed by atoms with Gasteiger partial charge in [-0.15, -0.1) is 0 Å². The molecule has 2 aromatic carbocycles. The zero-order valence-electron chi connectivity index (χ0n) is 16.7. The predicted octanol–water partition coefficient (Wildman–Crippen LogP) is 2.48. The normalized spacial score (nSPS) is 9.52. The molecule has 31 heavy (non-hydrogen) atoms. The Kier molecular flexibility index (Phi) is 9.24. The van der Waals surface area contributed by atoms with Gasteiger partial charge in [0, 0.05) is 23.8 Å². The molecule has 0 spiro atoms. The van der Waals surface area contributed by atoms with Crippen molar-refractivity contribution in [3.8, 4) is 0 Å². The monoisotopic (exact) mass is 434 g/mol. The highest BCUT2D eigenvalue weighted by Crippen LogP contribution is 2.21. The highest BCUT2D eigenvalue weighted by molar-refractivity contribution is 5.91. The standard InChI is InChI=1S/C11H11NO6.C8H7NO4/c1-17-10(13)6-7-3-4-8(11(14)18-2)5-9(7)12(15)16;1-13-8(10)6-3-2-4-7(5-6)9(11)12/h3-5H,6H2,1-2H3;2-5H,1H3. The largest absolute Gasteiger partial charge is 0.469 e. The molecule has 0 fully saturated rings. The molecule has 2 rings (SSSR count). The van der Waals surface area contributed by atoms with Crippen molar-refractivity contribution in [3.63, 3.8) is 0 Å². The lowest BCUT2D eigenvalue weighted by molar-refractivity contribution is -0.385. The van der Waals surface area contributed by atoms with Gasteiger partial charge in [0.05, 0.1) is 48.7 Å². The summed E-state index contributed by atoms with van der Waals surface area (Å²) in [6.07, 6.45) is -0.228. The maximum Gasteiger partial charge on any atom is 0.338 e. The predicted molar refractivity (Wildman–Crippen MR) is 105 cm³/mol. The van der Waals surface area contributed by atoms with Gasteiger partial charge >= 0.3 is 17.9 Å². The molecule has 0 heterocycles. The van der Waals surface area contributed by atoms with Crippen molar-refractivity contribution in [1.29, 1.82) is 0 Å². The quantitative estimate of drug-likeness (QED) is 0.285. The van der Waals surface area contributed by atoms with E-state index in [2.05, 4.69) is 14.2 Å². The molecule has 0 N–H and O–H groups in total. The van der Waals surface area contributed by atoms with Crippen LogP contribution in [0.25, 0.3) is 0 Å². The van der Waals surface area contributed by atoms with Crippen LogP contribution in [0.5, 0.6) is 0 Å². The maximum atomic E-state index is 11.2. The van der Waals surface area contributed by atoms with E-state index in [1.54, 1.807) is 0 Å². The van der Waals surface area contributed by atoms with Gasteiger partial charge in [0.15, 0.2) is 0 Å². The molecule has 0 aliphatic carbocycles. The molecule has 12 nitrogen and oxygen atoms in total. The van der Waals surface area contributed by atoms with Crippen molar-refractivity contribution < 1.29 is 38.4 Å². The van der Waals surface area contributed by atoms with E-state index in [9.17, 15) is 34.6 Å². The Hall–Kier alpha value is -4.35. The van der Waals surface area contributed by atoms with E-state index in [-0.39, 0.29) is 34.5 Å². The fraction of sp³-hybridized carbons (Fsp3) is 0.211. The van der Waals surface area contributed by atoms with E-state index in [1.165, 1.54) is 57.7 Å². The number of methoxy groups -OCH3 is 3. The molecule has 0 aliphatic rings. The zero-order valence-corrected chi connectivity index (χ0v) is 16.7. The Labute approximate surface area is 175 Å². The molecule has 0 bridgehead atoms. The summed E-state index contributed by atoms with van der Waals surface area (Å²) in [5.41, 5.74) is -0.0276. The fourth-order valence-corrected chi connectivity index (χ4v) is 2.22. The van der Waals surface area contributed by atoms with Crippen molar-refractivity contribution in [1.82, 2.24) is 0 Å². The third kappa shape index (κ3) is 7.20. The minimum Gasteiger partial charge on any atom is -0.469 e. The van der Waals surface area contributed by atoms with Gasteiger partial charge < -0.3 is 14.2 Å². The summed E-state index contributed by atoms with van der Waals surface area (Å²) in [6.45, 7) is 0. The molecule has 0 aliphatic heterocycles. The van der Waals surface area contributed by atoms with Gasteiger partial charge in [0.2, 0.25) is 0 Å². The zero-order chi connectivity index (χ0) is 23.6. The van der Waals surface area contributed by atoms with Gasteiger partial charge in [-0.05, 0) is 12.1 Å². The van der Waals surface area contributed by atoms with Crippen LogP contribution in [0, 0.1) is 20.2 Å². The Morgan fingerprint density at radius 3 is 1.87 bits per heavy atom. The van der Waals surface area contributed by atoms with E-state index < -0.39 is 27.8 Å². The number of non-ortho nitro benzene ring substituents is 1. The molecule has 0 saturated carbocycles. The van der Waals surface area contributed by atoms with E-state index in [0.717, 1.165) is 6.07 Å². The van der Waals surface area contributed by atoms with Crippen LogP contribution in [-0.4, -0.2) is 49.1 Å². The first-order valence-corrected chi connectivity index (χ1v) is 8.39. The molecular weight excluding hydrogens is 416 g/mol. The number of carbonyl (C=O) groups is 3. The Morgan fingerprint density at radius 2 is 1.39 bits per heavy atom. The van der Waals surface area contributed by atoms with E-state index in [0.29, 0.717) is 0 Å². The molecule has 0 amide bonds. The number of hydrogen-bond acceptors (Lipinski definition) is 10. The third-order valence-electron chi connectivity index (χ3n) is 3.74. The summed E-state index contributed by atoms with van der Waals surface area (Å²) >= 11 is 0. The maximum absolute atomic E-state index is 11.2. The van der Waals surface area contributed by atoms with Crippen molar-refractivity contribution in [2.75, 3.05) is 21.3 Å². The number of esters is 3. The second-order valence-electron chi connectivity index (χ2n) is 5.64. The van der Waals surface area contributed by atoms with Crippen LogP contribution in [0.3, 0.4) is 0 Å². The third-order valence-corrected chi connectivity index (χ3v) is 3.74. The number of rotatable bonds is 6. The molecule has 2 aromatic rings. The van der Waals surface area contributed by atoms with Crippen LogP contribution in [0.2, 0.25) is 0 Å². The topological polar surface area (TPSA) is 165 Å². The van der Waals surface area contributed by atoms with Crippen molar-refractivity contribution in [2.45, 2.75) is 6.42 Å². The van der Waals surface area contributed by atoms with Crippen molar-refractivity contribution >= 4 is 29.3 Å². The average molecular weight is 434 g/mol. The van der Waals surface area contributed by atoms with Gasteiger partial charge in [-0.1, -0.05) is 12.1 Å². The van der Waals surface area contributed by atoms with Crippen LogP contribution in [0.1, 0.15) is 26.3 Å². The van der Waals surface area contributed by atoms with E-state index >= 15 is 0 Å². The summed E-state index contributed by atoms with van der Waals surface area (Å²) in [5, 5.41) is 21.2. The molecule has 164 valence electrons. The summed E-state index contributed by atoms with van der Waals surface area (Å²) in [6, 6.07) is 9.14. The molecule has 0 radical (unpaired) electrons. The smallest absolute Gasteiger partial charge is 0.338 e. The van der Waals surface area contributed by atoms with Gasteiger partial charge in [-0.3, -0.25) is 25.0 Å². The van der Waals surface area contributed by atoms with Gasteiger partial charge in [0.1, 0.15) is 0 Å². The van der Waals surface area contributed by atoms with Crippen LogP contribution >= 0.6 is 0 Å². The lowest BCUT2D eigenvalue weighted by Crippen LogP contribution is -2.08. The molecule has 12 heteroatoms. The van der Waals surface area contributed by atoms with Crippen molar-refractivity contribution in [3.05, 3.63) is 79.4 Å². The van der Waals surface area contributed by atoms with Crippen LogP contribution in [-0.2, 0) is 25.4 Å². The number of nitrogens with zero attached hydrogens (tertiary/aromatic N) is 2. The van der Waals surface area contributed by atoms with E-state index in [1.807, 2.05) is 0 Å². The average Bonchev–Trinajstić information content (AvgIpc) is 2.78. The number of carbonyl (C=O) groups excluding carboxylic acids is 3. The highest BCUT2D eigenvalue weighted by atomic mass is 16.6. The van der Waals surface area contributed by atoms with E-state index in [4.69, 9.17) is 0 Å². The second-order valence-corrected chi connectivity index (χ2v) is 5.64. The molecule has 0 saturated heterocycles. The first-order valence-electron chi connectivity index (χ1n) is 8.39. The van der Waals surface area contributed by atoms with Gasteiger partial charge in [0.25, 0.3) is 11.4 Å². The summed E-state index contributed by atoms with van der Waals surface area (Å²) in [4.78, 5) is 53.2. The van der Waals surface area contributed by atoms with Crippen LogP contribution in [0.4, 0.5) is 11.4 Å². The Morgan fingerprint density at radius 1 is 0.806 bits per heavy atom. The van der Waals surface area contributed by atoms with Crippen LogP contribution in [0.15, 0.2) is 42.5 Å². The SMILES string of the molecule is COC(=O)Cc1ccc(C(=O)OC)cc1[N+](=O)[O-].COC(=O)c1cccc([N+](=O)[O-])c1. The number of ether oxygens (including phenoxy) is 3. The Balaban J connectivity index is 0.000000327. The molecule has 0 unspecified atom stereocenters. The fourth-order valence-electron chi connectivity index (χ4n) is 2.22. The number of hydrogen-bond donors (Lipinski definition) is 0. The number of benzene rings is 2. The molecule has 0 aromatic heterocycles. The number of nitro groups is 2. The highest BCUT2D eigenvalue weighted by Gasteiger charge is 2.20. The number of nitro benzene ring substituents is 2. The summed E-state index contributed by atoms with van der Waals surface area (Å²) in [5.74, 6) is -1.85. The Bertz CT molecular complexity index is 1000. The van der Waals surface area contributed by atoms with Gasteiger partial charge in [-0.25, -0.2) is 9.59 Å². The minimum absolute atomic E-state index is 0.0535. The first kappa shape index (κ1) is 24.7. The van der Waals surface area contributed by atoms with Crippen molar-refractivity contribution in [2.24, 2.45) is 0 Å².